The van der Waals surface area contributed by atoms with E-state index in [9.17, 15) is 4.79 Å². The van der Waals surface area contributed by atoms with E-state index in [-0.39, 0.29) is 5.91 Å². The molecule has 3 N–H and O–H groups in total. The van der Waals surface area contributed by atoms with E-state index in [0.717, 1.165) is 12.1 Å². The molecule has 1 aliphatic heterocycles. The number of nitrogens with two attached hydrogens (primary N) is 1. The van der Waals surface area contributed by atoms with Crippen LogP contribution in [0.2, 0.25) is 0 Å². The van der Waals surface area contributed by atoms with Crippen molar-refractivity contribution < 1.29 is 4.79 Å². The van der Waals surface area contributed by atoms with Crippen molar-refractivity contribution in [3.63, 3.8) is 0 Å². The zero-order chi connectivity index (χ0) is 13.5. The van der Waals surface area contributed by atoms with Gasteiger partial charge >= 0.3 is 0 Å². The summed E-state index contributed by atoms with van der Waals surface area (Å²) in [5, 5.41) is 3.48. The zero-order valence-corrected chi connectivity index (χ0v) is 11.5. The third-order valence-corrected chi connectivity index (χ3v) is 4.24. The zero-order valence-electron chi connectivity index (χ0n) is 10.7. The number of amides is 1. The number of carbonyl (C=O) groups is 1. The Morgan fingerprint density at radius 3 is 3.11 bits per heavy atom. The van der Waals surface area contributed by atoms with Gasteiger partial charge in [-0.3, -0.25) is 4.79 Å². The molecule has 0 bridgehead atoms. The lowest BCUT2D eigenvalue weighted by molar-refractivity contribution is 0.0948. The molecular weight excluding hydrogens is 258 g/mol. The first kappa shape index (κ1) is 13.9. The molecule has 0 aliphatic carbocycles. The van der Waals surface area contributed by atoms with Crippen LogP contribution in [-0.4, -0.2) is 35.0 Å². The molecule has 2 rings (SSSR count). The van der Waals surface area contributed by atoms with E-state index >= 15 is 0 Å². The lowest BCUT2D eigenvalue weighted by atomic mass is 10.2. The summed E-state index contributed by atoms with van der Waals surface area (Å²) in [7, 11) is 0. The largest absolute Gasteiger partial charge is 0.350 e. The Kier molecular flexibility index (Phi) is 5.25. The van der Waals surface area contributed by atoms with Crippen LogP contribution in [-0.2, 0) is 0 Å². The van der Waals surface area contributed by atoms with E-state index in [1.54, 1.807) is 18.3 Å². The van der Waals surface area contributed by atoms with Crippen LogP contribution in [0.4, 0.5) is 0 Å². The van der Waals surface area contributed by atoms with Gasteiger partial charge in [0.1, 0.15) is 5.69 Å². The van der Waals surface area contributed by atoms with Gasteiger partial charge in [-0.15, -0.1) is 0 Å². The minimum Gasteiger partial charge on any atom is -0.350 e. The lowest BCUT2D eigenvalue weighted by Crippen LogP contribution is -2.30. The van der Waals surface area contributed by atoms with Crippen molar-refractivity contribution in [2.24, 2.45) is 5.73 Å². The third kappa shape index (κ3) is 4.27. The van der Waals surface area contributed by atoms with Crippen LogP contribution >= 0.6 is 11.8 Å². The van der Waals surface area contributed by atoms with Crippen molar-refractivity contribution >= 4 is 17.7 Å². The van der Waals surface area contributed by atoms with E-state index in [1.165, 1.54) is 18.6 Å². The molecule has 0 radical (unpaired) electrons. The molecule has 0 aromatic carbocycles. The van der Waals surface area contributed by atoms with Crippen LogP contribution in [0, 0.1) is 11.8 Å². The van der Waals surface area contributed by atoms with Gasteiger partial charge in [0, 0.05) is 23.6 Å². The van der Waals surface area contributed by atoms with Crippen molar-refractivity contribution in [1.82, 2.24) is 10.3 Å². The highest BCUT2D eigenvalue weighted by Crippen LogP contribution is 2.25. The monoisotopic (exact) mass is 275 g/mol. The summed E-state index contributed by atoms with van der Waals surface area (Å²) in [6.45, 7) is 1.04. The van der Waals surface area contributed by atoms with Crippen LogP contribution in [0.25, 0.3) is 0 Å². The topological polar surface area (TPSA) is 68.0 Å². The maximum absolute atomic E-state index is 11.9. The number of nitrogens with one attached hydrogen (secondary N) is 1. The van der Waals surface area contributed by atoms with E-state index < -0.39 is 0 Å². The minimum atomic E-state index is -0.120. The smallest absolute Gasteiger partial charge is 0.269 e. The predicted octanol–water partition coefficient (Wildman–Crippen LogP) is 1.02. The molecule has 1 fully saturated rings. The van der Waals surface area contributed by atoms with Gasteiger partial charge in [0.15, 0.2) is 0 Å². The van der Waals surface area contributed by atoms with Gasteiger partial charge in [-0.2, -0.15) is 11.8 Å². The molecular formula is C14H17N3OS. The molecule has 1 amide bonds. The van der Waals surface area contributed by atoms with E-state index in [1.807, 2.05) is 11.8 Å². The molecule has 1 aliphatic rings. The molecule has 0 spiro atoms. The van der Waals surface area contributed by atoms with Crippen LogP contribution < -0.4 is 11.1 Å². The van der Waals surface area contributed by atoms with Gasteiger partial charge in [-0.1, -0.05) is 11.8 Å². The maximum atomic E-state index is 11.9. The number of carbonyl (C=O) groups excluding carboxylic acids is 1. The fraction of sp³-hybridized carbons (Fsp3) is 0.429. The summed E-state index contributed by atoms with van der Waals surface area (Å²) in [6.07, 6.45) is 4.03. The number of rotatable bonds is 3. The number of aromatic nitrogens is 1. The minimum absolute atomic E-state index is 0.120. The van der Waals surface area contributed by atoms with Gasteiger partial charge in [0.25, 0.3) is 5.91 Å². The van der Waals surface area contributed by atoms with E-state index in [4.69, 9.17) is 5.73 Å². The van der Waals surface area contributed by atoms with Gasteiger partial charge in [-0.25, -0.2) is 4.98 Å². The predicted molar refractivity (Wildman–Crippen MR) is 78.0 cm³/mol. The van der Waals surface area contributed by atoms with Crippen molar-refractivity contribution in [3.05, 3.63) is 29.6 Å². The maximum Gasteiger partial charge on any atom is 0.269 e. The normalized spacial score (nSPS) is 17.6. The molecule has 1 aromatic rings. The lowest BCUT2D eigenvalue weighted by Gasteiger charge is -2.09. The number of hydrogen-bond donors (Lipinski definition) is 2. The van der Waals surface area contributed by atoms with Gasteiger partial charge in [0.05, 0.1) is 6.54 Å². The first-order chi connectivity index (χ1) is 9.29. The Balaban J connectivity index is 1.88. The first-order valence-corrected chi connectivity index (χ1v) is 7.39. The summed E-state index contributed by atoms with van der Waals surface area (Å²) in [6, 6.07) is 3.48. The average molecular weight is 275 g/mol. The first-order valence-electron chi connectivity index (χ1n) is 6.34. The van der Waals surface area contributed by atoms with Crippen LogP contribution in [0.3, 0.4) is 0 Å². The molecule has 1 saturated heterocycles. The molecule has 5 heteroatoms. The SMILES string of the molecule is NCC#Cc1ccc(C(=O)NCC2CCCS2)nc1. The van der Waals surface area contributed by atoms with Crippen LogP contribution in [0.1, 0.15) is 28.9 Å². The molecule has 100 valence electrons. The van der Waals surface area contributed by atoms with Crippen molar-refractivity contribution in [2.75, 3.05) is 18.8 Å². The van der Waals surface area contributed by atoms with E-state index in [2.05, 4.69) is 22.1 Å². The van der Waals surface area contributed by atoms with Crippen molar-refractivity contribution in [3.8, 4) is 11.8 Å². The second-order valence-corrected chi connectivity index (χ2v) is 5.69. The molecule has 1 unspecified atom stereocenters. The van der Waals surface area contributed by atoms with Crippen molar-refractivity contribution in [2.45, 2.75) is 18.1 Å². The Hall–Kier alpha value is -1.51. The molecule has 1 aromatic heterocycles. The highest BCUT2D eigenvalue weighted by molar-refractivity contribution is 8.00. The van der Waals surface area contributed by atoms with E-state index in [0.29, 0.717) is 17.5 Å². The quantitative estimate of drug-likeness (QED) is 0.808. The summed E-state index contributed by atoms with van der Waals surface area (Å²) in [4.78, 5) is 16.0. The number of thioether (sulfide) groups is 1. The number of hydrogen-bond acceptors (Lipinski definition) is 4. The number of nitrogens with zero attached hydrogens (tertiary/aromatic N) is 1. The summed E-state index contributed by atoms with van der Waals surface area (Å²) in [5.41, 5.74) is 6.50. The summed E-state index contributed by atoms with van der Waals surface area (Å²) < 4.78 is 0. The molecule has 0 saturated carbocycles. The van der Waals surface area contributed by atoms with Crippen LogP contribution in [0.15, 0.2) is 18.3 Å². The van der Waals surface area contributed by atoms with Gasteiger partial charge in [-0.05, 0) is 30.7 Å². The molecule has 1 atom stereocenters. The highest BCUT2D eigenvalue weighted by atomic mass is 32.2. The Labute approximate surface area is 117 Å². The highest BCUT2D eigenvalue weighted by Gasteiger charge is 2.16. The van der Waals surface area contributed by atoms with Gasteiger partial charge < -0.3 is 11.1 Å². The fourth-order valence-corrected chi connectivity index (χ4v) is 3.06. The fourth-order valence-electron chi connectivity index (χ4n) is 1.86. The van der Waals surface area contributed by atoms with Crippen molar-refractivity contribution in [1.29, 1.82) is 0 Å². The summed E-state index contributed by atoms with van der Waals surface area (Å²) in [5.74, 6) is 6.71. The Bertz CT molecular complexity index is 484. The Morgan fingerprint density at radius 2 is 2.47 bits per heavy atom. The summed E-state index contributed by atoms with van der Waals surface area (Å²) >= 11 is 1.93. The molecule has 2 heterocycles. The van der Waals surface area contributed by atoms with Crippen LogP contribution in [0.5, 0.6) is 0 Å². The average Bonchev–Trinajstić information content (AvgIpc) is 2.96. The molecule has 19 heavy (non-hydrogen) atoms. The second kappa shape index (κ2) is 7.17. The second-order valence-electron chi connectivity index (χ2n) is 4.28. The third-order valence-electron chi connectivity index (χ3n) is 2.85. The number of pyridine rings is 1. The standard InChI is InChI=1S/C14H17N3OS/c15-7-1-3-11-5-6-13(16-9-11)14(18)17-10-12-4-2-8-19-12/h5-6,9,12H,2,4,7-8,10,15H2,(H,17,18). The molecule has 4 nitrogen and oxygen atoms in total. The Morgan fingerprint density at radius 1 is 1.58 bits per heavy atom. The van der Waals surface area contributed by atoms with Gasteiger partial charge in [0.2, 0.25) is 0 Å².